The molecule has 3 rings (SSSR count). The number of hydrogen-bond donors (Lipinski definition) is 2. The SMILES string of the molecule is CCOP(=O)(NC(CCC1=C(CC)C(c2cccc([N+](=O)[O-])c2)C=CN1)c1ccccc1)OCC. The van der Waals surface area contributed by atoms with Gasteiger partial charge in [0, 0.05) is 29.8 Å². The van der Waals surface area contributed by atoms with Crippen LogP contribution in [0.4, 0.5) is 5.69 Å². The van der Waals surface area contributed by atoms with Crippen LogP contribution in [0.25, 0.3) is 0 Å². The fourth-order valence-electron chi connectivity index (χ4n) is 4.37. The highest BCUT2D eigenvalue weighted by Crippen LogP contribution is 2.47. The Hall–Kier alpha value is -2.77. The van der Waals surface area contributed by atoms with Gasteiger partial charge in [0.15, 0.2) is 0 Å². The molecule has 8 nitrogen and oxygen atoms in total. The molecule has 9 heteroatoms. The van der Waals surface area contributed by atoms with Crippen molar-refractivity contribution in [3.63, 3.8) is 0 Å². The second kappa shape index (κ2) is 12.8. The average Bonchev–Trinajstić information content (AvgIpc) is 2.87. The molecule has 0 bridgehead atoms. The van der Waals surface area contributed by atoms with E-state index >= 15 is 0 Å². The molecule has 35 heavy (non-hydrogen) atoms. The number of rotatable bonds is 13. The molecule has 0 aliphatic carbocycles. The van der Waals surface area contributed by atoms with Gasteiger partial charge in [-0.1, -0.05) is 55.5 Å². The second-order valence-electron chi connectivity index (χ2n) is 8.15. The summed E-state index contributed by atoms with van der Waals surface area (Å²) in [7, 11) is -3.47. The minimum absolute atomic E-state index is 0.0442. The van der Waals surface area contributed by atoms with Gasteiger partial charge in [-0.05, 0) is 56.0 Å². The smallest absolute Gasteiger partial charge is 0.365 e. The third kappa shape index (κ3) is 7.12. The zero-order valence-corrected chi connectivity index (χ0v) is 21.4. The summed E-state index contributed by atoms with van der Waals surface area (Å²) < 4.78 is 24.2. The third-order valence-electron chi connectivity index (χ3n) is 5.93. The maximum Gasteiger partial charge on any atom is 0.406 e. The topological polar surface area (TPSA) is 103 Å². The lowest BCUT2D eigenvalue weighted by Gasteiger charge is -2.28. The van der Waals surface area contributed by atoms with Crippen molar-refractivity contribution in [3.8, 4) is 0 Å². The van der Waals surface area contributed by atoms with Gasteiger partial charge in [-0.25, -0.2) is 9.65 Å². The third-order valence-corrected chi connectivity index (χ3v) is 7.75. The number of non-ortho nitro benzene ring substituents is 1. The van der Waals surface area contributed by atoms with E-state index in [1.54, 1.807) is 26.0 Å². The fourth-order valence-corrected chi connectivity index (χ4v) is 5.94. The molecule has 2 aromatic carbocycles. The first-order valence-corrected chi connectivity index (χ1v) is 13.6. The lowest BCUT2D eigenvalue weighted by molar-refractivity contribution is -0.384. The molecule has 0 saturated carbocycles. The Morgan fingerprint density at radius 1 is 1.09 bits per heavy atom. The first-order valence-electron chi connectivity index (χ1n) is 12.0. The minimum Gasteiger partial charge on any atom is -0.365 e. The highest BCUT2D eigenvalue weighted by molar-refractivity contribution is 7.51. The predicted molar refractivity (Wildman–Crippen MR) is 138 cm³/mol. The van der Waals surface area contributed by atoms with E-state index in [0.29, 0.717) is 12.8 Å². The molecule has 0 spiro atoms. The zero-order chi connectivity index (χ0) is 25.3. The van der Waals surface area contributed by atoms with E-state index < -0.39 is 7.75 Å². The Labute approximate surface area is 207 Å². The molecule has 1 aliphatic rings. The van der Waals surface area contributed by atoms with Crippen LogP contribution in [0.15, 0.2) is 78.1 Å². The number of dihydropyridines is 1. The van der Waals surface area contributed by atoms with Crippen LogP contribution in [0.5, 0.6) is 0 Å². The van der Waals surface area contributed by atoms with Crippen molar-refractivity contribution >= 4 is 13.4 Å². The molecule has 0 radical (unpaired) electrons. The number of allylic oxidation sites excluding steroid dienone is 3. The van der Waals surface area contributed by atoms with Crippen molar-refractivity contribution in [1.82, 2.24) is 10.4 Å². The highest BCUT2D eigenvalue weighted by Gasteiger charge is 2.29. The molecule has 2 unspecified atom stereocenters. The van der Waals surface area contributed by atoms with E-state index in [-0.39, 0.29) is 35.8 Å². The standard InChI is InChI=1S/C26H34N3O5P/c1-4-23-24(21-13-10-14-22(19-21)29(30)31)17-18-27-26(23)16-15-25(20-11-8-7-9-12-20)28-35(32,33-5-2)34-6-3/h7-14,17-19,24-25,27H,4-6,15-16H2,1-3H3,(H,28,32). The van der Waals surface area contributed by atoms with Crippen molar-refractivity contribution in [2.24, 2.45) is 0 Å². The van der Waals surface area contributed by atoms with Crippen LogP contribution in [0, 0.1) is 10.1 Å². The number of benzene rings is 2. The molecule has 2 atom stereocenters. The van der Waals surface area contributed by atoms with E-state index in [0.717, 1.165) is 23.2 Å². The molecule has 1 aliphatic heterocycles. The van der Waals surface area contributed by atoms with Crippen molar-refractivity contribution in [2.45, 2.75) is 52.0 Å². The maximum absolute atomic E-state index is 13.2. The Morgan fingerprint density at radius 2 is 1.80 bits per heavy atom. The van der Waals surface area contributed by atoms with Crippen molar-refractivity contribution in [1.29, 1.82) is 0 Å². The maximum atomic E-state index is 13.2. The molecule has 1 heterocycles. The van der Waals surface area contributed by atoms with Crippen molar-refractivity contribution in [3.05, 3.63) is 99.4 Å². The minimum atomic E-state index is -3.47. The number of nitrogens with one attached hydrogen (secondary N) is 2. The number of nitrogens with zero attached hydrogens (tertiary/aromatic N) is 1. The van der Waals surface area contributed by atoms with E-state index in [1.165, 1.54) is 11.6 Å². The van der Waals surface area contributed by atoms with Crippen LogP contribution in [0.2, 0.25) is 0 Å². The van der Waals surface area contributed by atoms with Gasteiger partial charge in [-0.15, -0.1) is 0 Å². The first kappa shape index (κ1) is 26.8. The van der Waals surface area contributed by atoms with Gasteiger partial charge in [0.2, 0.25) is 0 Å². The Morgan fingerprint density at radius 3 is 2.43 bits per heavy atom. The van der Waals surface area contributed by atoms with Gasteiger partial charge in [0.25, 0.3) is 5.69 Å². The summed E-state index contributed by atoms with van der Waals surface area (Å²) in [5.74, 6) is -0.0442. The van der Waals surface area contributed by atoms with Crippen LogP contribution in [-0.4, -0.2) is 18.1 Å². The average molecular weight is 500 g/mol. The van der Waals surface area contributed by atoms with E-state index in [4.69, 9.17) is 9.05 Å². The number of nitro benzene ring substituents is 1. The van der Waals surface area contributed by atoms with E-state index in [9.17, 15) is 14.7 Å². The quantitative estimate of drug-likeness (QED) is 0.178. The highest BCUT2D eigenvalue weighted by atomic mass is 31.2. The van der Waals surface area contributed by atoms with Gasteiger partial charge in [-0.3, -0.25) is 19.2 Å². The van der Waals surface area contributed by atoms with Crippen LogP contribution in [-0.2, 0) is 13.6 Å². The normalized spacial score (nSPS) is 16.7. The van der Waals surface area contributed by atoms with Gasteiger partial charge >= 0.3 is 7.75 Å². The molecule has 188 valence electrons. The summed E-state index contributed by atoms with van der Waals surface area (Å²) in [5.41, 5.74) is 4.21. The summed E-state index contributed by atoms with van der Waals surface area (Å²) in [4.78, 5) is 10.9. The van der Waals surface area contributed by atoms with Gasteiger partial charge < -0.3 is 5.32 Å². The molecular weight excluding hydrogens is 465 g/mol. The summed E-state index contributed by atoms with van der Waals surface area (Å²) in [6.45, 7) is 6.21. The van der Waals surface area contributed by atoms with Gasteiger partial charge in [-0.2, -0.15) is 0 Å². The Bertz CT molecular complexity index is 1090. The molecule has 0 fully saturated rings. The molecule has 0 amide bonds. The molecule has 2 N–H and O–H groups in total. The van der Waals surface area contributed by atoms with Gasteiger partial charge in [0.05, 0.1) is 18.1 Å². The molecule has 0 saturated heterocycles. The predicted octanol–water partition coefficient (Wildman–Crippen LogP) is 6.75. The molecule has 2 aromatic rings. The summed E-state index contributed by atoms with van der Waals surface area (Å²) in [6.07, 6.45) is 6.06. The summed E-state index contributed by atoms with van der Waals surface area (Å²) in [5, 5.41) is 17.8. The Balaban J connectivity index is 1.86. The zero-order valence-electron chi connectivity index (χ0n) is 20.5. The largest absolute Gasteiger partial charge is 0.406 e. The van der Waals surface area contributed by atoms with Crippen molar-refractivity contribution in [2.75, 3.05) is 13.2 Å². The summed E-state index contributed by atoms with van der Waals surface area (Å²) >= 11 is 0. The number of nitro groups is 1. The number of hydrogen-bond acceptors (Lipinski definition) is 6. The Kier molecular flexibility index (Phi) is 9.81. The van der Waals surface area contributed by atoms with E-state index in [1.807, 2.05) is 48.7 Å². The monoisotopic (exact) mass is 499 g/mol. The molecular formula is C26H34N3O5P. The van der Waals surface area contributed by atoms with Crippen LogP contribution >= 0.6 is 7.75 Å². The van der Waals surface area contributed by atoms with E-state index in [2.05, 4.69) is 17.3 Å². The fraction of sp³-hybridized carbons (Fsp3) is 0.385. The van der Waals surface area contributed by atoms with Crippen LogP contribution in [0.1, 0.15) is 63.1 Å². The van der Waals surface area contributed by atoms with Crippen LogP contribution < -0.4 is 10.4 Å². The lowest BCUT2D eigenvalue weighted by atomic mass is 9.85. The molecule has 0 aromatic heterocycles. The first-order chi connectivity index (χ1) is 16.9. The summed E-state index contributed by atoms with van der Waals surface area (Å²) in [6, 6.07) is 16.4. The van der Waals surface area contributed by atoms with Crippen molar-refractivity contribution < 1.29 is 18.5 Å². The second-order valence-corrected chi connectivity index (χ2v) is 9.92. The lowest BCUT2D eigenvalue weighted by Crippen LogP contribution is -2.23. The van der Waals surface area contributed by atoms with Gasteiger partial charge in [0.1, 0.15) is 0 Å². The van der Waals surface area contributed by atoms with Crippen LogP contribution in [0.3, 0.4) is 0 Å².